The first-order valence-corrected chi connectivity index (χ1v) is 5.24. The van der Waals surface area contributed by atoms with Crippen molar-refractivity contribution in [2.75, 3.05) is 19.6 Å². The molecule has 0 radical (unpaired) electrons. The highest BCUT2D eigenvalue weighted by Gasteiger charge is 2.14. The van der Waals surface area contributed by atoms with Crippen LogP contribution in [0, 0.1) is 5.41 Å². The molecule has 0 bridgehead atoms. The Balaban J connectivity index is 2.32. The van der Waals surface area contributed by atoms with E-state index in [9.17, 15) is 0 Å². The standard InChI is InChI=1S/C9H20N6/c1-7(6-15-4-2-3-5-15)13-9(12)14-8(10)11/h7H,2-6H2,1H3,(H6,10,11,12,13,14). The topological polar surface area (TPSA) is 104 Å². The monoisotopic (exact) mass is 212 g/mol. The molecule has 6 heteroatoms. The zero-order valence-electron chi connectivity index (χ0n) is 9.16. The fraction of sp³-hybridized carbons (Fsp3) is 0.778. The molecule has 15 heavy (non-hydrogen) atoms. The van der Waals surface area contributed by atoms with Crippen molar-refractivity contribution >= 4 is 11.9 Å². The Morgan fingerprint density at radius 1 is 1.47 bits per heavy atom. The van der Waals surface area contributed by atoms with E-state index < -0.39 is 0 Å². The fourth-order valence-corrected chi connectivity index (χ4v) is 1.79. The second-order valence-electron chi connectivity index (χ2n) is 3.91. The SMILES string of the molecule is CC(CN1CCCC1)N=C(N)NC(=N)N. The van der Waals surface area contributed by atoms with E-state index in [-0.39, 0.29) is 18.0 Å². The van der Waals surface area contributed by atoms with Crippen LogP contribution in [0.2, 0.25) is 0 Å². The molecule has 6 N–H and O–H groups in total. The Bertz CT molecular complexity index is 243. The summed E-state index contributed by atoms with van der Waals surface area (Å²) in [6, 6.07) is 0.134. The normalized spacial score (nSPS) is 20.2. The number of rotatable bonds is 3. The molecule has 0 amide bonds. The van der Waals surface area contributed by atoms with Gasteiger partial charge in [0.25, 0.3) is 0 Å². The van der Waals surface area contributed by atoms with Gasteiger partial charge >= 0.3 is 0 Å². The first kappa shape index (κ1) is 11.8. The molecule has 0 spiro atoms. The highest BCUT2D eigenvalue weighted by atomic mass is 15.2. The number of hydrogen-bond acceptors (Lipinski definition) is 3. The number of aliphatic imine (C=N–C) groups is 1. The Hall–Kier alpha value is -1.30. The van der Waals surface area contributed by atoms with E-state index in [1.807, 2.05) is 6.92 Å². The van der Waals surface area contributed by atoms with Crippen LogP contribution in [-0.2, 0) is 0 Å². The van der Waals surface area contributed by atoms with Gasteiger partial charge in [-0.3, -0.25) is 10.7 Å². The summed E-state index contributed by atoms with van der Waals surface area (Å²) in [5.41, 5.74) is 10.7. The summed E-state index contributed by atoms with van der Waals surface area (Å²) in [7, 11) is 0. The van der Waals surface area contributed by atoms with Crippen molar-refractivity contribution in [1.29, 1.82) is 5.41 Å². The Labute approximate surface area is 90.2 Å². The molecule has 0 aliphatic carbocycles. The molecule has 0 aromatic heterocycles. The minimum Gasteiger partial charge on any atom is -0.370 e. The molecule has 1 saturated heterocycles. The maximum atomic E-state index is 6.99. The van der Waals surface area contributed by atoms with Gasteiger partial charge in [-0.15, -0.1) is 0 Å². The van der Waals surface area contributed by atoms with E-state index in [4.69, 9.17) is 16.9 Å². The van der Waals surface area contributed by atoms with Crippen LogP contribution in [0.5, 0.6) is 0 Å². The first-order chi connectivity index (χ1) is 7.08. The molecular formula is C9H20N6. The van der Waals surface area contributed by atoms with E-state index in [1.165, 1.54) is 12.8 Å². The Morgan fingerprint density at radius 3 is 2.60 bits per heavy atom. The van der Waals surface area contributed by atoms with Gasteiger partial charge in [0.2, 0.25) is 0 Å². The van der Waals surface area contributed by atoms with Crippen molar-refractivity contribution < 1.29 is 0 Å². The molecule has 1 fully saturated rings. The van der Waals surface area contributed by atoms with Crippen LogP contribution < -0.4 is 16.8 Å². The fourth-order valence-electron chi connectivity index (χ4n) is 1.79. The predicted octanol–water partition coefficient (Wildman–Crippen LogP) is -0.732. The largest absolute Gasteiger partial charge is 0.370 e. The number of nitrogens with zero attached hydrogens (tertiary/aromatic N) is 2. The maximum Gasteiger partial charge on any atom is 0.195 e. The summed E-state index contributed by atoms with van der Waals surface area (Å²) in [6.45, 7) is 5.23. The quantitative estimate of drug-likeness (QED) is 0.366. The molecule has 1 aliphatic rings. The van der Waals surface area contributed by atoms with Crippen molar-refractivity contribution in [2.45, 2.75) is 25.8 Å². The van der Waals surface area contributed by atoms with Gasteiger partial charge in [-0.2, -0.15) is 0 Å². The molecule has 1 atom stereocenters. The van der Waals surface area contributed by atoms with Crippen molar-refractivity contribution in [1.82, 2.24) is 10.2 Å². The van der Waals surface area contributed by atoms with Crippen molar-refractivity contribution in [2.24, 2.45) is 16.5 Å². The smallest absolute Gasteiger partial charge is 0.195 e. The Morgan fingerprint density at radius 2 is 2.07 bits per heavy atom. The number of guanidine groups is 2. The van der Waals surface area contributed by atoms with Gasteiger partial charge in [-0.1, -0.05) is 0 Å². The molecule has 1 rings (SSSR count). The van der Waals surface area contributed by atoms with Crippen molar-refractivity contribution in [3.63, 3.8) is 0 Å². The first-order valence-electron chi connectivity index (χ1n) is 5.24. The number of likely N-dealkylation sites (tertiary alicyclic amines) is 1. The maximum absolute atomic E-state index is 6.99. The van der Waals surface area contributed by atoms with Crippen LogP contribution in [0.3, 0.4) is 0 Å². The van der Waals surface area contributed by atoms with Crippen LogP contribution in [0.15, 0.2) is 4.99 Å². The van der Waals surface area contributed by atoms with Crippen molar-refractivity contribution in [3.8, 4) is 0 Å². The number of nitrogens with one attached hydrogen (secondary N) is 2. The number of hydrogen-bond donors (Lipinski definition) is 4. The summed E-state index contributed by atoms with van der Waals surface area (Å²) in [5, 5.41) is 9.46. The van der Waals surface area contributed by atoms with Gasteiger partial charge in [0, 0.05) is 6.54 Å². The summed E-state index contributed by atoms with van der Waals surface area (Å²) < 4.78 is 0. The molecule has 6 nitrogen and oxygen atoms in total. The Kier molecular flexibility index (Phi) is 4.36. The third kappa shape index (κ3) is 4.64. The molecule has 1 unspecified atom stereocenters. The summed E-state index contributed by atoms with van der Waals surface area (Å²) >= 11 is 0. The molecule has 0 saturated carbocycles. The van der Waals surface area contributed by atoms with E-state index in [0.29, 0.717) is 0 Å². The van der Waals surface area contributed by atoms with Crippen LogP contribution in [0.1, 0.15) is 19.8 Å². The highest BCUT2D eigenvalue weighted by Crippen LogP contribution is 2.08. The lowest BCUT2D eigenvalue weighted by Crippen LogP contribution is -2.42. The number of nitrogens with two attached hydrogens (primary N) is 2. The second-order valence-corrected chi connectivity index (χ2v) is 3.91. The summed E-state index contributed by atoms with van der Waals surface area (Å²) in [5.74, 6) is 0.0406. The lowest BCUT2D eigenvalue weighted by molar-refractivity contribution is 0.321. The third-order valence-electron chi connectivity index (χ3n) is 2.34. The van der Waals surface area contributed by atoms with Gasteiger partial charge in [-0.05, 0) is 32.9 Å². The van der Waals surface area contributed by atoms with E-state index in [1.54, 1.807) is 0 Å². The average Bonchev–Trinajstić information content (AvgIpc) is 2.53. The van der Waals surface area contributed by atoms with Gasteiger partial charge in [0.1, 0.15) is 0 Å². The van der Waals surface area contributed by atoms with Gasteiger partial charge in [0.05, 0.1) is 6.04 Å². The second kappa shape index (κ2) is 5.55. The summed E-state index contributed by atoms with van der Waals surface area (Å²) in [4.78, 5) is 6.57. The minimum absolute atomic E-state index is 0.134. The molecule has 1 aliphatic heterocycles. The zero-order chi connectivity index (χ0) is 11.3. The van der Waals surface area contributed by atoms with Crippen molar-refractivity contribution in [3.05, 3.63) is 0 Å². The molecule has 86 valence electrons. The van der Waals surface area contributed by atoms with Crippen LogP contribution in [0.25, 0.3) is 0 Å². The lowest BCUT2D eigenvalue weighted by Gasteiger charge is -2.17. The van der Waals surface area contributed by atoms with Crippen LogP contribution in [-0.4, -0.2) is 42.5 Å². The zero-order valence-corrected chi connectivity index (χ0v) is 9.16. The van der Waals surface area contributed by atoms with E-state index >= 15 is 0 Å². The van der Waals surface area contributed by atoms with Crippen LogP contribution >= 0.6 is 0 Å². The minimum atomic E-state index is -0.176. The lowest BCUT2D eigenvalue weighted by atomic mass is 10.3. The van der Waals surface area contributed by atoms with E-state index in [2.05, 4.69) is 15.2 Å². The average molecular weight is 212 g/mol. The van der Waals surface area contributed by atoms with E-state index in [0.717, 1.165) is 19.6 Å². The van der Waals surface area contributed by atoms with Gasteiger partial charge in [0.15, 0.2) is 11.9 Å². The van der Waals surface area contributed by atoms with Gasteiger partial charge in [-0.25, -0.2) is 4.99 Å². The predicted molar refractivity (Wildman–Crippen MR) is 61.8 cm³/mol. The molecule has 1 heterocycles. The molecule has 0 aromatic carbocycles. The molecule has 0 aromatic rings. The van der Waals surface area contributed by atoms with Crippen LogP contribution in [0.4, 0.5) is 0 Å². The highest BCUT2D eigenvalue weighted by molar-refractivity contribution is 5.95. The summed E-state index contributed by atoms with van der Waals surface area (Å²) in [6.07, 6.45) is 2.55. The third-order valence-corrected chi connectivity index (χ3v) is 2.34. The molecular weight excluding hydrogens is 192 g/mol. The van der Waals surface area contributed by atoms with Gasteiger partial charge < -0.3 is 16.4 Å².